The van der Waals surface area contributed by atoms with Gasteiger partial charge in [-0.25, -0.2) is 6.08 Å². The number of hydrogen-bond donors (Lipinski definition) is 0. The Balaban J connectivity index is 0.00000242. The molecule has 1 atom stereocenters. The van der Waals surface area contributed by atoms with Gasteiger partial charge in [0.15, 0.2) is 0 Å². The molecule has 0 aromatic heterocycles. The molecule has 1 aliphatic heterocycles. The maximum Gasteiger partial charge on any atom is 0.241 e. The Morgan fingerprint density at radius 2 is 2.27 bits per heavy atom. The first-order valence-corrected chi connectivity index (χ1v) is 7.43. The van der Waals surface area contributed by atoms with Crippen molar-refractivity contribution in [3.05, 3.63) is 48.1 Å². The summed E-state index contributed by atoms with van der Waals surface area (Å²) < 4.78 is 5.52. The molecule has 1 heterocycles. The fourth-order valence-corrected chi connectivity index (χ4v) is 2.54. The van der Waals surface area contributed by atoms with Crippen molar-refractivity contribution in [2.75, 3.05) is 13.2 Å². The maximum absolute atomic E-state index is 12.2. The number of alkyl halides is 1. The molecule has 0 saturated heterocycles. The average Bonchev–Trinajstić information content (AvgIpc) is 2.48. The third kappa shape index (κ3) is 4.21. The number of aryl methyl sites for hydroxylation is 1. The quantitative estimate of drug-likeness (QED) is 0.435. The third-order valence-corrected chi connectivity index (χ3v) is 3.73. The summed E-state index contributed by atoms with van der Waals surface area (Å²) >= 11 is 6.02. The molecule has 3 nitrogen and oxygen atoms in total. The van der Waals surface area contributed by atoms with E-state index in [9.17, 15) is 4.79 Å². The van der Waals surface area contributed by atoms with Crippen LogP contribution in [0.3, 0.4) is 0 Å². The molecule has 2 rings (SSSR count). The maximum atomic E-state index is 12.2. The van der Waals surface area contributed by atoms with Crippen LogP contribution in [0.5, 0.6) is 5.75 Å². The second-order valence-electron chi connectivity index (χ2n) is 4.86. The fraction of sp³-hybridized carbons (Fsp3) is 0.353. The van der Waals surface area contributed by atoms with Crippen LogP contribution in [0.25, 0.3) is 5.70 Å². The molecule has 0 fully saturated rings. The summed E-state index contributed by atoms with van der Waals surface area (Å²) in [6.45, 7) is 8.62. The molecule has 115 valence electrons. The van der Waals surface area contributed by atoms with Crippen molar-refractivity contribution in [1.82, 2.24) is 4.90 Å². The Labute approximate surface area is 162 Å². The molecular weight excluding hydrogens is 375 g/mol. The minimum Gasteiger partial charge on any atom is -0.490 e. The van der Waals surface area contributed by atoms with Gasteiger partial charge in [-0.05, 0) is 19.1 Å². The monoisotopic (exact) mass is 393 g/mol. The van der Waals surface area contributed by atoms with Crippen LogP contribution in [0.15, 0.2) is 30.9 Å². The third-order valence-electron chi connectivity index (χ3n) is 3.39. The topological polar surface area (TPSA) is 29.5 Å². The van der Waals surface area contributed by atoms with Gasteiger partial charge in [-0.3, -0.25) is 4.79 Å². The molecule has 0 spiro atoms. The molecule has 1 radical (unpaired) electrons. The van der Waals surface area contributed by atoms with Crippen molar-refractivity contribution < 1.29 is 42.2 Å². The second kappa shape index (κ2) is 8.86. The summed E-state index contributed by atoms with van der Waals surface area (Å²) in [5.41, 5.74) is 2.84. The van der Waals surface area contributed by atoms with E-state index in [0.29, 0.717) is 19.6 Å². The number of halogens is 1. The van der Waals surface area contributed by atoms with Gasteiger partial charge in [-0.1, -0.05) is 26.0 Å². The van der Waals surface area contributed by atoms with Crippen LogP contribution in [0.2, 0.25) is 0 Å². The van der Waals surface area contributed by atoms with Crippen molar-refractivity contribution >= 4 is 23.2 Å². The molecular formula is C17H19ClNO2Y-. The van der Waals surface area contributed by atoms with Crippen LogP contribution in [-0.4, -0.2) is 29.3 Å². The number of rotatable bonds is 5. The molecule has 1 unspecified atom stereocenters. The van der Waals surface area contributed by atoms with Gasteiger partial charge in [-0.15, -0.1) is 34.5 Å². The molecule has 1 aliphatic rings. The standard InChI is InChI=1S/C17H19ClNO2.Y/c1-4-10-21-13-6-7-14(12(3)11-13)16-9-8-15(18)17(20)19(16)5-2;/h4,6-7,11,15H,1,5,8,10H2,2-3H3;/q-1;. The Kier molecular flexibility index (Phi) is 7.81. The normalized spacial score (nSPS) is 17.6. The van der Waals surface area contributed by atoms with E-state index in [-0.39, 0.29) is 38.6 Å². The summed E-state index contributed by atoms with van der Waals surface area (Å²) in [6, 6.07) is 5.81. The average molecular weight is 394 g/mol. The van der Waals surface area contributed by atoms with E-state index in [2.05, 4.69) is 12.7 Å². The van der Waals surface area contributed by atoms with Crippen LogP contribution in [0.4, 0.5) is 0 Å². The first-order chi connectivity index (χ1) is 10.1. The minimum atomic E-state index is -0.510. The summed E-state index contributed by atoms with van der Waals surface area (Å²) in [5.74, 6) is 0.733. The summed E-state index contributed by atoms with van der Waals surface area (Å²) in [6.07, 6.45) is 5.40. The van der Waals surface area contributed by atoms with Crippen molar-refractivity contribution in [2.45, 2.75) is 25.6 Å². The molecule has 0 bridgehead atoms. The van der Waals surface area contributed by atoms with E-state index in [1.807, 2.05) is 32.0 Å². The molecule has 0 aliphatic carbocycles. The minimum absolute atomic E-state index is 0. The number of hydrogen-bond acceptors (Lipinski definition) is 2. The number of carbonyl (C=O) groups excluding carboxylic acids is 1. The van der Waals surface area contributed by atoms with Gasteiger partial charge in [0.25, 0.3) is 0 Å². The first kappa shape index (κ1) is 19.4. The van der Waals surface area contributed by atoms with E-state index in [0.717, 1.165) is 22.6 Å². The number of benzene rings is 1. The number of carbonyl (C=O) groups is 1. The van der Waals surface area contributed by atoms with Crippen molar-refractivity contribution in [1.29, 1.82) is 0 Å². The summed E-state index contributed by atoms with van der Waals surface area (Å²) in [4.78, 5) is 13.8. The SMILES string of the molecule is C=CCOc1ccc(C2=[C-]CC(Cl)C(=O)N2CC)c(C)c1.[Y]. The number of nitrogens with zero attached hydrogens (tertiary/aromatic N) is 1. The molecule has 1 amide bonds. The molecule has 1 aromatic carbocycles. The van der Waals surface area contributed by atoms with Crippen molar-refractivity contribution in [3.63, 3.8) is 0 Å². The fourth-order valence-electron chi connectivity index (χ4n) is 2.35. The summed E-state index contributed by atoms with van der Waals surface area (Å²) in [7, 11) is 0. The van der Waals surface area contributed by atoms with E-state index in [4.69, 9.17) is 16.3 Å². The smallest absolute Gasteiger partial charge is 0.241 e. The van der Waals surface area contributed by atoms with Crippen LogP contribution >= 0.6 is 11.6 Å². The molecule has 1 aromatic rings. The van der Waals surface area contributed by atoms with Crippen LogP contribution in [0.1, 0.15) is 24.5 Å². The van der Waals surface area contributed by atoms with Crippen LogP contribution in [-0.2, 0) is 37.5 Å². The zero-order chi connectivity index (χ0) is 15.4. The zero-order valence-corrected chi connectivity index (χ0v) is 16.5. The number of ether oxygens (including phenoxy) is 1. The predicted molar refractivity (Wildman–Crippen MR) is 85.2 cm³/mol. The number of amides is 1. The molecule has 0 saturated carbocycles. The van der Waals surface area contributed by atoms with E-state index >= 15 is 0 Å². The van der Waals surface area contributed by atoms with Gasteiger partial charge in [0.2, 0.25) is 5.91 Å². The molecule has 0 N–H and O–H groups in total. The van der Waals surface area contributed by atoms with Gasteiger partial charge in [-0.2, -0.15) is 0 Å². The van der Waals surface area contributed by atoms with Crippen LogP contribution < -0.4 is 4.74 Å². The zero-order valence-electron chi connectivity index (χ0n) is 12.9. The van der Waals surface area contributed by atoms with E-state index in [1.165, 1.54) is 0 Å². The van der Waals surface area contributed by atoms with E-state index < -0.39 is 5.38 Å². The number of allylic oxidation sites excluding steroid dienone is 1. The predicted octanol–water partition coefficient (Wildman–Crippen LogP) is 3.56. The van der Waals surface area contributed by atoms with Gasteiger partial charge < -0.3 is 9.64 Å². The van der Waals surface area contributed by atoms with Crippen LogP contribution in [0, 0.1) is 13.0 Å². The summed E-state index contributed by atoms with van der Waals surface area (Å²) in [5, 5.41) is -0.510. The largest absolute Gasteiger partial charge is 0.490 e. The Morgan fingerprint density at radius 3 is 2.86 bits per heavy atom. The molecule has 22 heavy (non-hydrogen) atoms. The first-order valence-electron chi connectivity index (χ1n) is 6.99. The Bertz CT molecular complexity index is 586. The van der Waals surface area contributed by atoms with Crippen molar-refractivity contribution in [3.8, 4) is 5.75 Å². The van der Waals surface area contributed by atoms with Gasteiger partial charge in [0.1, 0.15) is 17.7 Å². The van der Waals surface area contributed by atoms with E-state index in [1.54, 1.807) is 11.0 Å². The van der Waals surface area contributed by atoms with Gasteiger partial charge in [0, 0.05) is 39.3 Å². The Morgan fingerprint density at radius 1 is 1.55 bits per heavy atom. The van der Waals surface area contributed by atoms with Crippen molar-refractivity contribution in [2.24, 2.45) is 0 Å². The second-order valence-corrected chi connectivity index (χ2v) is 5.38. The van der Waals surface area contributed by atoms with Gasteiger partial charge in [0.05, 0.1) is 0 Å². The van der Waals surface area contributed by atoms with Gasteiger partial charge >= 0.3 is 0 Å². The molecule has 5 heteroatoms. The Hall–Kier alpha value is -0.636.